The van der Waals surface area contributed by atoms with Gasteiger partial charge in [0.05, 0.1) is 40.7 Å². The number of alkyl halides is 1. The zero-order valence-electron chi connectivity index (χ0n) is 23.8. The first-order valence-corrected chi connectivity index (χ1v) is 16.5. The van der Waals surface area contributed by atoms with Crippen LogP contribution in [0.5, 0.6) is 0 Å². The van der Waals surface area contributed by atoms with Crippen LogP contribution in [0.25, 0.3) is 0 Å². The van der Waals surface area contributed by atoms with Crippen molar-refractivity contribution in [3.05, 3.63) is 24.0 Å². The second-order valence-electron chi connectivity index (χ2n) is 11.5. The molecule has 1 saturated heterocycles. The first-order chi connectivity index (χ1) is 19.8. The molecule has 2 fully saturated rings. The van der Waals surface area contributed by atoms with Crippen molar-refractivity contribution in [1.82, 2.24) is 14.8 Å². The maximum atomic E-state index is 15.6. The molecule has 2 aromatic heterocycles. The molecule has 1 atom stereocenters. The summed E-state index contributed by atoms with van der Waals surface area (Å²) in [7, 11) is -1.74. The van der Waals surface area contributed by atoms with Gasteiger partial charge in [0, 0.05) is 32.9 Å². The largest absolute Gasteiger partial charge is 0.384 e. The smallest absolute Gasteiger partial charge is 0.263 e. The molecular formula is C28H42FN7O4S. The Morgan fingerprint density at radius 3 is 2.56 bits per heavy atom. The highest BCUT2D eigenvalue weighted by Gasteiger charge is 2.47. The molecule has 2 aromatic rings. The molecule has 2 aliphatic heterocycles. The number of hydrogen-bond acceptors (Lipinski definition) is 9. The first kappa shape index (κ1) is 29.6. The maximum absolute atomic E-state index is 15.6. The number of nitrogens with two attached hydrogens (primary N) is 1. The van der Waals surface area contributed by atoms with E-state index in [1.165, 1.54) is 7.11 Å². The standard InChI is InChI=1S/C28H42FN7O4S/c1-40-16-17-41(38,39)20-9-14-35(15-10-20)22-8-13-31-18-21(22)33-27(37)24-25(30)34-36-26(24)32-19-23(29)28(36)11-6-4-2-3-5-7-12-28/h8,13,18,20,23,32H,2-7,9-12,14-17,19H2,1H3,(H2,30,34)(H,33,37). The van der Waals surface area contributed by atoms with Gasteiger partial charge in [0.15, 0.2) is 15.7 Å². The van der Waals surface area contributed by atoms with Crippen LogP contribution in [0.4, 0.5) is 27.4 Å². The van der Waals surface area contributed by atoms with E-state index in [9.17, 15) is 13.2 Å². The Bertz CT molecular complexity index is 1320. The van der Waals surface area contributed by atoms with Crippen LogP contribution in [0.2, 0.25) is 0 Å². The van der Waals surface area contributed by atoms with Crippen LogP contribution in [0.1, 0.15) is 74.6 Å². The highest BCUT2D eigenvalue weighted by Crippen LogP contribution is 2.44. The molecule has 41 heavy (non-hydrogen) atoms. The molecule has 0 radical (unpaired) electrons. The number of piperidine rings is 1. The number of fused-ring (bicyclic) bond motifs is 2. The van der Waals surface area contributed by atoms with Gasteiger partial charge < -0.3 is 26.0 Å². The molecule has 1 saturated carbocycles. The molecule has 1 unspecified atom stereocenters. The van der Waals surface area contributed by atoms with Gasteiger partial charge in [-0.25, -0.2) is 17.5 Å². The van der Waals surface area contributed by atoms with Crippen molar-refractivity contribution >= 4 is 38.8 Å². The van der Waals surface area contributed by atoms with Gasteiger partial charge in [-0.1, -0.05) is 38.5 Å². The third-order valence-corrected chi connectivity index (χ3v) is 11.2. The number of nitrogens with zero attached hydrogens (tertiary/aromatic N) is 4. The summed E-state index contributed by atoms with van der Waals surface area (Å²) in [6, 6.07) is 1.81. The normalized spacial score (nSPS) is 21.8. The van der Waals surface area contributed by atoms with Crippen molar-refractivity contribution in [3.63, 3.8) is 0 Å². The van der Waals surface area contributed by atoms with Gasteiger partial charge in [0.2, 0.25) is 0 Å². The summed E-state index contributed by atoms with van der Waals surface area (Å²) in [5, 5.41) is 10.2. The molecule has 1 amide bonds. The van der Waals surface area contributed by atoms with Crippen molar-refractivity contribution in [2.75, 3.05) is 60.4 Å². The number of rotatable bonds is 7. The Morgan fingerprint density at radius 1 is 1.20 bits per heavy atom. The van der Waals surface area contributed by atoms with Crippen molar-refractivity contribution in [3.8, 4) is 0 Å². The molecule has 0 aromatic carbocycles. The molecule has 3 aliphatic rings. The van der Waals surface area contributed by atoms with E-state index in [1.807, 2.05) is 6.07 Å². The van der Waals surface area contributed by atoms with E-state index in [-0.39, 0.29) is 30.3 Å². The Hall–Kier alpha value is -2.93. The minimum absolute atomic E-state index is 0.0145. The second-order valence-corrected chi connectivity index (χ2v) is 13.9. The monoisotopic (exact) mass is 591 g/mol. The number of anilines is 4. The summed E-state index contributed by atoms with van der Waals surface area (Å²) in [5.41, 5.74) is 6.97. The lowest BCUT2D eigenvalue weighted by molar-refractivity contribution is 0.0754. The molecule has 13 heteroatoms. The number of carbonyl (C=O) groups is 1. The van der Waals surface area contributed by atoms with Gasteiger partial charge in [-0.15, -0.1) is 0 Å². The van der Waals surface area contributed by atoms with Crippen LogP contribution in [0, 0.1) is 0 Å². The van der Waals surface area contributed by atoms with Crippen molar-refractivity contribution in [2.24, 2.45) is 0 Å². The third kappa shape index (κ3) is 6.01. The Kier molecular flexibility index (Phi) is 9.03. The Morgan fingerprint density at radius 2 is 1.88 bits per heavy atom. The topological polar surface area (TPSA) is 144 Å². The molecular weight excluding hydrogens is 549 g/mol. The Labute approximate surface area is 241 Å². The third-order valence-electron chi connectivity index (χ3n) is 8.97. The van der Waals surface area contributed by atoms with Crippen molar-refractivity contribution < 1.29 is 22.3 Å². The number of ether oxygens (including phenoxy) is 1. The minimum Gasteiger partial charge on any atom is -0.384 e. The van der Waals surface area contributed by atoms with E-state index in [4.69, 9.17) is 10.5 Å². The average molecular weight is 592 g/mol. The minimum atomic E-state index is -3.24. The molecule has 4 N–H and O–H groups in total. The number of carbonyl (C=O) groups excluding carboxylic acids is 1. The summed E-state index contributed by atoms with van der Waals surface area (Å²) in [6.07, 6.45) is 10.6. The van der Waals surface area contributed by atoms with Crippen LogP contribution in [-0.4, -0.2) is 79.6 Å². The number of sulfone groups is 1. The van der Waals surface area contributed by atoms with Crippen LogP contribution < -0.4 is 21.3 Å². The summed E-state index contributed by atoms with van der Waals surface area (Å²) >= 11 is 0. The highest BCUT2D eigenvalue weighted by molar-refractivity contribution is 7.92. The fourth-order valence-electron chi connectivity index (χ4n) is 6.64. The van der Waals surface area contributed by atoms with Gasteiger partial charge in [0.1, 0.15) is 17.6 Å². The quantitative estimate of drug-likeness (QED) is 0.439. The van der Waals surface area contributed by atoms with E-state index >= 15 is 4.39 Å². The Balaban J connectivity index is 1.35. The average Bonchev–Trinajstić information content (AvgIpc) is 3.37. The predicted octanol–water partition coefficient (Wildman–Crippen LogP) is 3.74. The summed E-state index contributed by atoms with van der Waals surface area (Å²) in [6.45, 7) is 1.34. The molecule has 1 aliphatic carbocycles. The number of methoxy groups -OCH3 is 1. The molecule has 1 spiro atoms. The van der Waals surface area contributed by atoms with E-state index < -0.39 is 32.7 Å². The number of pyridine rings is 1. The molecule has 4 heterocycles. The molecule has 5 rings (SSSR count). The number of halogens is 1. The van der Waals surface area contributed by atoms with Gasteiger partial charge in [0.25, 0.3) is 5.91 Å². The predicted molar refractivity (Wildman–Crippen MR) is 158 cm³/mol. The van der Waals surface area contributed by atoms with Crippen LogP contribution in [0.15, 0.2) is 18.5 Å². The lowest BCUT2D eigenvalue weighted by Crippen LogP contribution is -2.51. The van der Waals surface area contributed by atoms with Gasteiger partial charge in [-0.05, 0) is 31.7 Å². The lowest BCUT2D eigenvalue weighted by Gasteiger charge is -2.42. The van der Waals surface area contributed by atoms with E-state index in [2.05, 4.69) is 25.6 Å². The number of aromatic nitrogens is 3. The molecule has 226 valence electrons. The van der Waals surface area contributed by atoms with E-state index in [1.54, 1.807) is 17.1 Å². The fraction of sp³-hybridized carbons (Fsp3) is 0.679. The molecule has 0 bridgehead atoms. The number of nitrogen functional groups attached to an aromatic ring is 1. The zero-order chi connectivity index (χ0) is 29.0. The summed E-state index contributed by atoms with van der Waals surface area (Å²) in [4.78, 5) is 20.0. The first-order valence-electron chi connectivity index (χ1n) is 14.7. The lowest BCUT2D eigenvalue weighted by atomic mass is 9.82. The van der Waals surface area contributed by atoms with Gasteiger partial charge >= 0.3 is 0 Å². The van der Waals surface area contributed by atoms with Gasteiger partial charge in [-0.2, -0.15) is 5.10 Å². The molecule has 11 nitrogen and oxygen atoms in total. The number of amides is 1. The zero-order valence-corrected chi connectivity index (χ0v) is 24.6. The van der Waals surface area contributed by atoms with Crippen molar-refractivity contribution in [1.29, 1.82) is 0 Å². The van der Waals surface area contributed by atoms with Gasteiger partial charge in [-0.3, -0.25) is 9.78 Å². The van der Waals surface area contributed by atoms with Crippen LogP contribution in [0.3, 0.4) is 0 Å². The second kappa shape index (κ2) is 12.5. The summed E-state index contributed by atoms with van der Waals surface area (Å²) in [5.74, 6) is 0.0882. The van der Waals surface area contributed by atoms with E-state index in [0.29, 0.717) is 50.3 Å². The van der Waals surface area contributed by atoms with Crippen molar-refractivity contribution in [2.45, 2.75) is 81.2 Å². The highest BCUT2D eigenvalue weighted by atomic mass is 32.2. The number of hydrogen-bond donors (Lipinski definition) is 3. The fourth-order valence-corrected chi connectivity index (χ4v) is 8.30. The van der Waals surface area contributed by atoms with E-state index in [0.717, 1.165) is 44.2 Å². The maximum Gasteiger partial charge on any atom is 0.263 e. The number of nitrogens with one attached hydrogen (secondary N) is 2. The van der Waals surface area contributed by atoms with Crippen LogP contribution >= 0.6 is 0 Å². The summed E-state index contributed by atoms with van der Waals surface area (Å²) < 4.78 is 47.6. The van der Waals surface area contributed by atoms with Crippen LogP contribution in [-0.2, 0) is 20.1 Å². The SMILES string of the molecule is COCCS(=O)(=O)C1CCN(c2ccncc2NC(=O)c2c(N)nn3c2NCC(F)C32CCCCCCCC2)CC1.